The monoisotopic (exact) mass is 228 g/mol. The van der Waals surface area contributed by atoms with E-state index in [1.165, 1.54) is 0 Å². The average Bonchev–Trinajstić information content (AvgIpc) is 2.32. The van der Waals surface area contributed by atoms with Gasteiger partial charge in [0.05, 0.1) is 0 Å². The summed E-state index contributed by atoms with van der Waals surface area (Å²) in [5.41, 5.74) is 6.80. The van der Waals surface area contributed by atoms with Crippen LogP contribution in [0.1, 0.15) is 11.3 Å². The van der Waals surface area contributed by atoms with Crippen LogP contribution < -0.4 is 10.5 Å². The number of aromatic nitrogens is 1. The van der Waals surface area contributed by atoms with Gasteiger partial charge < -0.3 is 10.5 Å². The van der Waals surface area contributed by atoms with Crippen molar-refractivity contribution in [2.75, 3.05) is 0 Å². The largest absolute Gasteiger partial charge is 0.410 e. The lowest BCUT2D eigenvalue weighted by Crippen LogP contribution is -2.17. The smallest absolute Gasteiger partial charge is 0.409 e. The predicted molar refractivity (Wildman–Crippen MR) is 63.7 cm³/mol. The Morgan fingerprint density at radius 1 is 1.18 bits per heavy atom. The van der Waals surface area contributed by atoms with Crippen LogP contribution in [0, 0.1) is 0 Å². The number of benzene rings is 1. The van der Waals surface area contributed by atoms with Gasteiger partial charge in [0.2, 0.25) is 0 Å². The molecule has 1 aromatic heterocycles. The molecule has 0 unspecified atom stereocenters. The van der Waals surface area contributed by atoms with Crippen LogP contribution in [0.15, 0.2) is 48.7 Å². The van der Waals surface area contributed by atoms with Crippen molar-refractivity contribution in [1.29, 1.82) is 0 Å². The summed E-state index contributed by atoms with van der Waals surface area (Å²) >= 11 is 0. The lowest BCUT2D eigenvalue weighted by Gasteiger charge is -2.07. The minimum absolute atomic E-state index is 0.477. The first-order valence-electron chi connectivity index (χ1n) is 5.21. The maximum atomic E-state index is 10.8. The molecule has 2 aromatic rings. The van der Waals surface area contributed by atoms with Gasteiger partial charge in [0.15, 0.2) is 0 Å². The number of rotatable bonds is 3. The van der Waals surface area contributed by atoms with Crippen LogP contribution in [0.3, 0.4) is 0 Å². The van der Waals surface area contributed by atoms with Gasteiger partial charge in [-0.1, -0.05) is 24.3 Å². The maximum Gasteiger partial charge on any atom is 0.409 e. The summed E-state index contributed by atoms with van der Waals surface area (Å²) in [5.74, 6) is 0.477. The summed E-state index contributed by atoms with van der Waals surface area (Å²) in [5, 5.41) is 0. The standard InChI is InChI=1S/C13H12N2O2/c14-13(16)17-12-7-2-1-5-10(12)9-11-6-3-4-8-15-11/h1-8H,9H2,(H2,14,16). The number of primary amides is 1. The number of ether oxygens (including phenoxy) is 1. The van der Waals surface area contributed by atoms with Crippen molar-refractivity contribution in [3.8, 4) is 5.75 Å². The fourth-order valence-electron chi connectivity index (χ4n) is 1.56. The average molecular weight is 228 g/mol. The summed E-state index contributed by atoms with van der Waals surface area (Å²) in [6, 6.07) is 13.0. The van der Waals surface area contributed by atoms with Gasteiger partial charge in [-0.15, -0.1) is 0 Å². The quantitative estimate of drug-likeness (QED) is 0.875. The predicted octanol–water partition coefficient (Wildman–Crippen LogP) is 2.13. The van der Waals surface area contributed by atoms with E-state index >= 15 is 0 Å². The van der Waals surface area contributed by atoms with E-state index in [0.29, 0.717) is 12.2 Å². The number of pyridine rings is 1. The highest BCUT2D eigenvalue weighted by Gasteiger charge is 2.06. The first-order valence-corrected chi connectivity index (χ1v) is 5.21. The molecular formula is C13H12N2O2. The molecule has 4 heteroatoms. The molecule has 1 amide bonds. The summed E-state index contributed by atoms with van der Waals surface area (Å²) < 4.78 is 4.93. The van der Waals surface area contributed by atoms with Crippen molar-refractivity contribution in [3.63, 3.8) is 0 Å². The Labute approximate surface area is 99.1 Å². The zero-order valence-electron chi connectivity index (χ0n) is 9.17. The molecule has 0 aliphatic carbocycles. The minimum atomic E-state index is -0.807. The van der Waals surface area contributed by atoms with E-state index in [4.69, 9.17) is 10.5 Å². The molecule has 0 spiro atoms. The number of amides is 1. The number of hydrogen-bond donors (Lipinski definition) is 1. The van der Waals surface area contributed by atoms with Gasteiger partial charge in [-0.05, 0) is 18.2 Å². The second kappa shape index (κ2) is 5.12. The Morgan fingerprint density at radius 3 is 2.65 bits per heavy atom. The third-order valence-corrected chi connectivity index (χ3v) is 2.28. The number of hydrogen-bond acceptors (Lipinski definition) is 3. The molecule has 0 radical (unpaired) electrons. The van der Waals surface area contributed by atoms with Crippen LogP contribution in [-0.4, -0.2) is 11.1 Å². The zero-order chi connectivity index (χ0) is 12.1. The number of carbonyl (C=O) groups is 1. The van der Waals surface area contributed by atoms with Gasteiger partial charge in [0.25, 0.3) is 0 Å². The van der Waals surface area contributed by atoms with E-state index in [-0.39, 0.29) is 0 Å². The first kappa shape index (κ1) is 11.1. The Morgan fingerprint density at radius 2 is 1.94 bits per heavy atom. The van der Waals surface area contributed by atoms with Gasteiger partial charge >= 0.3 is 6.09 Å². The van der Waals surface area contributed by atoms with Crippen LogP contribution in [0.5, 0.6) is 5.75 Å². The van der Waals surface area contributed by atoms with Gasteiger partial charge in [-0.25, -0.2) is 4.79 Å². The highest BCUT2D eigenvalue weighted by molar-refractivity contribution is 5.68. The SMILES string of the molecule is NC(=O)Oc1ccccc1Cc1ccccn1. The van der Waals surface area contributed by atoms with Gasteiger partial charge in [0.1, 0.15) is 5.75 Å². The molecule has 1 heterocycles. The van der Waals surface area contributed by atoms with Crippen LogP contribution in [0.25, 0.3) is 0 Å². The summed E-state index contributed by atoms with van der Waals surface area (Å²) in [4.78, 5) is 15.0. The molecule has 2 N–H and O–H groups in total. The summed E-state index contributed by atoms with van der Waals surface area (Å²) in [7, 11) is 0. The van der Waals surface area contributed by atoms with E-state index < -0.39 is 6.09 Å². The second-order valence-electron chi connectivity index (χ2n) is 3.53. The lowest BCUT2D eigenvalue weighted by molar-refractivity contribution is 0.210. The van der Waals surface area contributed by atoms with E-state index in [1.807, 2.05) is 30.3 Å². The third-order valence-electron chi connectivity index (χ3n) is 2.28. The van der Waals surface area contributed by atoms with Crippen LogP contribution in [-0.2, 0) is 6.42 Å². The van der Waals surface area contributed by atoms with Crippen molar-refractivity contribution in [1.82, 2.24) is 4.98 Å². The molecule has 4 nitrogen and oxygen atoms in total. The molecule has 0 saturated carbocycles. The normalized spacial score (nSPS) is 9.88. The fraction of sp³-hybridized carbons (Fsp3) is 0.0769. The third kappa shape index (κ3) is 3.04. The van der Waals surface area contributed by atoms with Crippen molar-refractivity contribution < 1.29 is 9.53 Å². The van der Waals surface area contributed by atoms with Crippen molar-refractivity contribution in [2.24, 2.45) is 5.73 Å². The Hall–Kier alpha value is -2.36. The van der Waals surface area contributed by atoms with E-state index in [9.17, 15) is 4.79 Å². The topological polar surface area (TPSA) is 65.2 Å². The van der Waals surface area contributed by atoms with E-state index in [1.54, 1.807) is 18.3 Å². The van der Waals surface area contributed by atoms with Crippen molar-refractivity contribution in [3.05, 3.63) is 59.9 Å². The molecule has 0 aliphatic heterocycles. The number of para-hydroxylation sites is 1. The Kier molecular flexibility index (Phi) is 3.35. The highest BCUT2D eigenvalue weighted by Crippen LogP contribution is 2.20. The zero-order valence-corrected chi connectivity index (χ0v) is 9.17. The van der Waals surface area contributed by atoms with E-state index in [0.717, 1.165) is 11.3 Å². The summed E-state index contributed by atoms with van der Waals surface area (Å²) in [6.07, 6.45) is 1.52. The summed E-state index contributed by atoms with van der Waals surface area (Å²) in [6.45, 7) is 0. The van der Waals surface area contributed by atoms with Crippen LogP contribution in [0.4, 0.5) is 4.79 Å². The molecule has 0 fully saturated rings. The van der Waals surface area contributed by atoms with Gasteiger partial charge in [0, 0.05) is 23.9 Å². The lowest BCUT2D eigenvalue weighted by atomic mass is 10.1. The van der Waals surface area contributed by atoms with Crippen LogP contribution >= 0.6 is 0 Å². The molecule has 1 aromatic carbocycles. The van der Waals surface area contributed by atoms with Gasteiger partial charge in [-0.2, -0.15) is 0 Å². The molecule has 86 valence electrons. The highest BCUT2D eigenvalue weighted by atomic mass is 16.5. The minimum Gasteiger partial charge on any atom is -0.410 e. The molecule has 0 atom stereocenters. The molecule has 0 aliphatic rings. The first-order chi connectivity index (χ1) is 8.25. The molecule has 2 rings (SSSR count). The van der Waals surface area contributed by atoms with Gasteiger partial charge in [-0.3, -0.25) is 4.98 Å². The molecule has 0 bridgehead atoms. The Bertz CT molecular complexity index is 512. The van der Waals surface area contributed by atoms with Crippen LogP contribution in [0.2, 0.25) is 0 Å². The maximum absolute atomic E-state index is 10.8. The number of nitrogens with two attached hydrogens (primary N) is 1. The Balaban J connectivity index is 2.23. The number of carbonyl (C=O) groups excluding carboxylic acids is 1. The van der Waals surface area contributed by atoms with Crippen molar-refractivity contribution in [2.45, 2.75) is 6.42 Å². The number of nitrogens with zero attached hydrogens (tertiary/aromatic N) is 1. The van der Waals surface area contributed by atoms with E-state index in [2.05, 4.69) is 4.98 Å². The fourth-order valence-corrected chi connectivity index (χ4v) is 1.56. The molecule has 0 saturated heterocycles. The molecule has 17 heavy (non-hydrogen) atoms. The van der Waals surface area contributed by atoms with Crippen molar-refractivity contribution >= 4 is 6.09 Å². The molecular weight excluding hydrogens is 216 g/mol. The second-order valence-corrected chi connectivity index (χ2v) is 3.53.